The number of benzene rings is 1. The molecule has 0 atom stereocenters. The van der Waals surface area contributed by atoms with Crippen molar-refractivity contribution >= 4 is 15.9 Å². The van der Waals surface area contributed by atoms with Gasteiger partial charge in [0.05, 0.1) is 18.1 Å². The summed E-state index contributed by atoms with van der Waals surface area (Å²) in [5.41, 5.74) is 0.901. The summed E-state index contributed by atoms with van der Waals surface area (Å²) in [6, 6.07) is 8.77. The first-order valence-electron chi connectivity index (χ1n) is 8.03. The SMILES string of the molecule is O=C(NCc1ccc(S(=O)(=O)N2CCOCC2)cc1)c1ccnc(F)c1. The average Bonchev–Trinajstić information content (AvgIpc) is 2.67. The molecule has 0 bridgehead atoms. The lowest BCUT2D eigenvalue weighted by Gasteiger charge is -2.26. The van der Waals surface area contributed by atoms with Crippen molar-refractivity contribution in [2.24, 2.45) is 0 Å². The largest absolute Gasteiger partial charge is 0.379 e. The normalized spacial score (nSPS) is 15.6. The summed E-state index contributed by atoms with van der Waals surface area (Å²) in [5, 5.41) is 2.65. The first-order chi connectivity index (χ1) is 12.5. The van der Waals surface area contributed by atoms with Crippen LogP contribution in [0.3, 0.4) is 0 Å². The van der Waals surface area contributed by atoms with E-state index >= 15 is 0 Å². The number of rotatable bonds is 5. The summed E-state index contributed by atoms with van der Waals surface area (Å²) in [7, 11) is -3.54. The van der Waals surface area contributed by atoms with Gasteiger partial charge in [-0.1, -0.05) is 12.1 Å². The number of hydrogen-bond acceptors (Lipinski definition) is 5. The average molecular weight is 379 g/mol. The number of carbonyl (C=O) groups excluding carboxylic acids is 1. The van der Waals surface area contributed by atoms with Crippen molar-refractivity contribution in [1.29, 1.82) is 0 Å². The smallest absolute Gasteiger partial charge is 0.251 e. The molecule has 1 aromatic carbocycles. The Kier molecular flexibility index (Phi) is 5.60. The van der Waals surface area contributed by atoms with Gasteiger partial charge in [-0.25, -0.2) is 13.4 Å². The molecule has 0 unspecified atom stereocenters. The summed E-state index contributed by atoms with van der Waals surface area (Å²) in [6.45, 7) is 1.64. The molecule has 1 saturated heterocycles. The minimum atomic E-state index is -3.54. The molecule has 1 amide bonds. The summed E-state index contributed by atoms with van der Waals surface area (Å²) in [6.07, 6.45) is 1.22. The lowest BCUT2D eigenvalue weighted by Crippen LogP contribution is -2.40. The van der Waals surface area contributed by atoms with Crippen LogP contribution in [0.2, 0.25) is 0 Å². The van der Waals surface area contributed by atoms with Crippen LogP contribution >= 0.6 is 0 Å². The van der Waals surface area contributed by atoms with Crippen LogP contribution in [0.15, 0.2) is 47.5 Å². The van der Waals surface area contributed by atoms with Gasteiger partial charge in [0, 0.05) is 37.5 Å². The summed E-state index contributed by atoms with van der Waals surface area (Å²) in [4.78, 5) is 15.6. The van der Waals surface area contributed by atoms with Gasteiger partial charge in [0.1, 0.15) is 0 Å². The van der Waals surface area contributed by atoms with Crippen molar-refractivity contribution in [2.45, 2.75) is 11.4 Å². The number of morpholine rings is 1. The lowest BCUT2D eigenvalue weighted by atomic mass is 10.2. The quantitative estimate of drug-likeness (QED) is 0.788. The van der Waals surface area contributed by atoms with Gasteiger partial charge in [0.25, 0.3) is 5.91 Å². The van der Waals surface area contributed by atoms with Gasteiger partial charge >= 0.3 is 0 Å². The van der Waals surface area contributed by atoms with Crippen molar-refractivity contribution in [3.8, 4) is 0 Å². The molecule has 138 valence electrons. The maximum Gasteiger partial charge on any atom is 0.251 e. The predicted molar refractivity (Wildman–Crippen MR) is 91.4 cm³/mol. The third-order valence-electron chi connectivity index (χ3n) is 3.97. The summed E-state index contributed by atoms with van der Waals surface area (Å²) in [5.74, 6) is -1.16. The zero-order valence-electron chi connectivity index (χ0n) is 13.9. The Morgan fingerprint density at radius 3 is 2.54 bits per heavy atom. The maximum atomic E-state index is 13.0. The number of nitrogens with one attached hydrogen (secondary N) is 1. The molecule has 1 fully saturated rings. The third kappa shape index (κ3) is 4.24. The van der Waals surface area contributed by atoms with Gasteiger partial charge in [-0.2, -0.15) is 8.70 Å². The molecule has 0 radical (unpaired) electrons. The van der Waals surface area contributed by atoms with Crippen LogP contribution < -0.4 is 5.32 Å². The van der Waals surface area contributed by atoms with E-state index in [9.17, 15) is 17.6 Å². The van der Waals surface area contributed by atoms with E-state index in [2.05, 4.69) is 10.3 Å². The second kappa shape index (κ2) is 7.90. The van der Waals surface area contributed by atoms with Gasteiger partial charge in [-0.3, -0.25) is 4.79 Å². The zero-order chi connectivity index (χ0) is 18.6. The molecule has 2 heterocycles. The van der Waals surface area contributed by atoms with Gasteiger partial charge < -0.3 is 10.1 Å². The van der Waals surface area contributed by atoms with E-state index in [1.807, 2.05) is 0 Å². The molecule has 1 aliphatic rings. The molecule has 9 heteroatoms. The van der Waals surface area contributed by atoms with E-state index in [0.29, 0.717) is 26.3 Å². The van der Waals surface area contributed by atoms with Crippen LogP contribution in [-0.2, 0) is 21.3 Å². The fourth-order valence-corrected chi connectivity index (χ4v) is 3.95. The highest BCUT2D eigenvalue weighted by molar-refractivity contribution is 7.89. The van der Waals surface area contributed by atoms with Gasteiger partial charge in [-0.15, -0.1) is 0 Å². The fourth-order valence-electron chi connectivity index (χ4n) is 2.54. The van der Waals surface area contributed by atoms with Crippen molar-refractivity contribution in [3.05, 3.63) is 59.7 Å². The van der Waals surface area contributed by atoms with Gasteiger partial charge in [0.2, 0.25) is 16.0 Å². The molecule has 0 spiro atoms. The van der Waals surface area contributed by atoms with E-state index in [-0.39, 0.29) is 17.0 Å². The number of aromatic nitrogens is 1. The van der Waals surface area contributed by atoms with Crippen LogP contribution in [0.25, 0.3) is 0 Å². The first kappa shape index (κ1) is 18.4. The molecule has 7 nitrogen and oxygen atoms in total. The molecule has 26 heavy (non-hydrogen) atoms. The predicted octanol–water partition coefficient (Wildman–Crippen LogP) is 1.17. The number of amides is 1. The topological polar surface area (TPSA) is 88.6 Å². The Morgan fingerprint density at radius 2 is 1.88 bits per heavy atom. The number of hydrogen-bond donors (Lipinski definition) is 1. The highest BCUT2D eigenvalue weighted by Crippen LogP contribution is 2.17. The van der Waals surface area contributed by atoms with E-state index < -0.39 is 21.9 Å². The molecular weight excluding hydrogens is 361 g/mol. The molecule has 3 rings (SSSR count). The number of nitrogens with zero attached hydrogens (tertiary/aromatic N) is 2. The lowest BCUT2D eigenvalue weighted by molar-refractivity contribution is 0.0730. The monoisotopic (exact) mass is 379 g/mol. The molecule has 1 aliphatic heterocycles. The number of halogens is 1. The summed E-state index contributed by atoms with van der Waals surface area (Å²) < 4.78 is 44.7. The minimum Gasteiger partial charge on any atom is -0.379 e. The number of pyridine rings is 1. The minimum absolute atomic E-state index is 0.170. The van der Waals surface area contributed by atoms with Crippen molar-refractivity contribution < 1.29 is 22.3 Å². The van der Waals surface area contributed by atoms with Crippen LogP contribution in [0.4, 0.5) is 4.39 Å². The maximum absolute atomic E-state index is 13.0. The molecular formula is C17H18FN3O4S. The Hall–Kier alpha value is -2.36. The fraction of sp³-hybridized carbons (Fsp3) is 0.294. The van der Waals surface area contributed by atoms with Gasteiger partial charge in [0.15, 0.2) is 0 Å². The molecule has 1 N–H and O–H groups in total. The van der Waals surface area contributed by atoms with Crippen LogP contribution in [0.1, 0.15) is 15.9 Å². The molecule has 1 aromatic heterocycles. The van der Waals surface area contributed by atoms with E-state index in [1.165, 1.54) is 28.7 Å². The van der Waals surface area contributed by atoms with Crippen molar-refractivity contribution in [2.75, 3.05) is 26.3 Å². The number of sulfonamides is 1. The van der Waals surface area contributed by atoms with E-state index in [0.717, 1.165) is 11.6 Å². The Balaban J connectivity index is 1.63. The van der Waals surface area contributed by atoms with Crippen molar-refractivity contribution in [1.82, 2.24) is 14.6 Å². The van der Waals surface area contributed by atoms with Crippen LogP contribution in [-0.4, -0.2) is 49.9 Å². The molecule has 2 aromatic rings. The van der Waals surface area contributed by atoms with Crippen molar-refractivity contribution in [3.63, 3.8) is 0 Å². The highest BCUT2D eigenvalue weighted by atomic mass is 32.2. The molecule has 0 aliphatic carbocycles. The highest BCUT2D eigenvalue weighted by Gasteiger charge is 2.26. The van der Waals surface area contributed by atoms with E-state index in [1.54, 1.807) is 12.1 Å². The number of carbonyl (C=O) groups is 1. The van der Waals surface area contributed by atoms with Gasteiger partial charge in [-0.05, 0) is 23.8 Å². The second-order valence-corrected chi connectivity index (χ2v) is 7.65. The standard InChI is InChI=1S/C17H18FN3O4S/c18-16-11-14(5-6-19-16)17(22)20-12-13-1-3-15(4-2-13)26(23,24)21-7-9-25-10-8-21/h1-6,11H,7-10,12H2,(H,20,22). The Bertz CT molecular complexity index is 881. The van der Waals surface area contributed by atoms with Crippen LogP contribution in [0.5, 0.6) is 0 Å². The second-order valence-electron chi connectivity index (χ2n) is 5.71. The Morgan fingerprint density at radius 1 is 1.19 bits per heavy atom. The third-order valence-corrected chi connectivity index (χ3v) is 5.89. The van der Waals surface area contributed by atoms with E-state index in [4.69, 9.17) is 4.74 Å². The summed E-state index contributed by atoms with van der Waals surface area (Å²) >= 11 is 0. The first-order valence-corrected chi connectivity index (χ1v) is 9.47. The zero-order valence-corrected chi connectivity index (χ0v) is 14.7. The molecule has 0 saturated carbocycles. The number of ether oxygens (including phenoxy) is 1. The van der Waals surface area contributed by atoms with Crippen LogP contribution in [0, 0.1) is 5.95 Å². The Labute approximate surface area is 150 Å².